The second kappa shape index (κ2) is 7.08. The highest BCUT2D eigenvalue weighted by molar-refractivity contribution is 5.01. The van der Waals surface area contributed by atoms with Crippen molar-refractivity contribution in [2.45, 2.75) is 32.7 Å². The molecule has 0 aliphatic carbocycles. The van der Waals surface area contributed by atoms with Crippen LogP contribution in [0.1, 0.15) is 24.1 Å². The number of hydrogen-bond donors (Lipinski definition) is 0. The van der Waals surface area contributed by atoms with Crippen LogP contribution in [0.3, 0.4) is 0 Å². The largest absolute Gasteiger partial charge is 0.303 e. The lowest BCUT2D eigenvalue weighted by Crippen LogP contribution is -2.37. The van der Waals surface area contributed by atoms with Crippen LogP contribution in [0.5, 0.6) is 0 Å². The van der Waals surface area contributed by atoms with Gasteiger partial charge in [0.25, 0.3) is 5.56 Å². The number of aryl methyl sites for hydroxylation is 2. The van der Waals surface area contributed by atoms with Crippen molar-refractivity contribution in [1.82, 2.24) is 24.2 Å². The van der Waals surface area contributed by atoms with Gasteiger partial charge in [-0.05, 0) is 44.8 Å². The molecular formula is C17H25N5O. The summed E-state index contributed by atoms with van der Waals surface area (Å²) in [5, 5.41) is 4.21. The summed E-state index contributed by atoms with van der Waals surface area (Å²) in [5.74, 6) is 0.573. The maximum absolute atomic E-state index is 12.1. The zero-order valence-electron chi connectivity index (χ0n) is 14.0. The summed E-state index contributed by atoms with van der Waals surface area (Å²) in [6.45, 7) is 5.92. The fraction of sp³-hybridized carbons (Fsp3) is 0.588. The molecule has 1 fully saturated rings. The topological polar surface area (TPSA) is 56.0 Å². The Labute approximate surface area is 136 Å². The third-order valence-electron chi connectivity index (χ3n) is 4.84. The van der Waals surface area contributed by atoms with E-state index in [9.17, 15) is 4.79 Å². The standard InChI is InChI=1S/C17H25N5O/c1-14-11-18-13-22(17(14)23)12-15-4-8-21(9-5-15)10-6-16-3-7-19-20(16)2/h3,7,11,13,15H,4-6,8-10,12H2,1-2H3. The first-order valence-corrected chi connectivity index (χ1v) is 8.34. The first-order valence-electron chi connectivity index (χ1n) is 8.34. The van der Waals surface area contributed by atoms with Gasteiger partial charge < -0.3 is 4.90 Å². The molecule has 124 valence electrons. The van der Waals surface area contributed by atoms with Crippen molar-refractivity contribution in [1.29, 1.82) is 0 Å². The van der Waals surface area contributed by atoms with Crippen molar-refractivity contribution in [2.75, 3.05) is 19.6 Å². The molecule has 3 rings (SSSR count). The smallest absolute Gasteiger partial charge is 0.256 e. The zero-order chi connectivity index (χ0) is 16.2. The van der Waals surface area contributed by atoms with Gasteiger partial charge in [-0.1, -0.05) is 0 Å². The van der Waals surface area contributed by atoms with Gasteiger partial charge in [0, 0.05) is 50.2 Å². The van der Waals surface area contributed by atoms with Gasteiger partial charge in [-0.15, -0.1) is 0 Å². The minimum atomic E-state index is 0.0960. The molecule has 0 saturated carbocycles. The van der Waals surface area contributed by atoms with Gasteiger partial charge in [-0.3, -0.25) is 14.0 Å². The number of nitrogens with zero attached hydrogens (tertiary/aromatic N) is 5. The van der Waals surface area contributed by atoms with E-state index in [-0.39, 0.29) is 5.56 Å². The van der Waals surface area contributed by atoms with E-state index in [4.69, 9.17) is 0 Å². The molecule has 0 atom stereocenters. The molecule has 3 heterocycles. The zero-order valence-corrected chi connectivity index (χ0v) is 14.0. The molecule has 2 aromatic heterocycles. The van der Waals surface area contributed by atoms with Crippen LogP contribution in [0.15, 0.2) is 29.6 Å². The summed E-state index contributed by atoms with van der Waals surface area (Å²) in [6, 6.07) is 2.09. The van der Waals surface area contributed by atoms with Crippen LogP contribution in [0.4, 0.5) is 0 Å². The van der Waals surface area contributed by atoms with Crippen LogP contribution in [0, 0.1) is 12.8 Å². The molecular weight excluding hydrogens is 290 g/mol. The Bertz CT molecular complexity index is 697. The van der Waals surface area contributed by atoms with Gasteiger partial charge in [0.05, 0.1) is 6.33 Å². The van der Waals surface area contributed by atoms with Crippen molar-refractivity contribution in [3.05, 3.63) is 46.4 Å². The fourth-order valence-corrected chi connectivity index (χ4v) is 3.28. The second-order valence-corrected chi connectivity index (χ2v) is 6.52. The maximum Gasteiger partial charge on any atom is 0.256 e. The molecule has 1 aliphatic heterocycles. The summed E-state index contributed by atoms with van der Waals surface area (Å²) in [5.41, 5.74) is 2.10. The molecule has 0 aromatic carbocycles. The normalized spacial score (nSPS) is 16.8. The molecule has 2 aromatic rings. The third-order valence-corrected chi connectivity index (χ3v) is 4.84. The second-order valence-electron chi connectivity index (χ2n) is 6.52. The summed E-state index contributed by atoms with van der Waals surface area (Å²) >= 11 is 0. The highest BCUT2D eigenvalue weighted by Gasteiger charge is 2.20. The molecule has 0 N–H and O–H groups in total. The monoisotopic (exact) mass is 315 g/mol. The SMILES string of the molecule is Cc1cncn(CC2CCN(CCc3ccnn3C)CC2)c1=O. The van der Waals surface area contributed by atoms with E-state index in [1.807, 2.05) is 24.9 Å². The number of likely N-dealkylation sites (tertiary alicyclic amines) is 1. The third kappa shape index (κ3) is 3.88. The van der Waals surface area contributed by atoms with E-state index in [0.717, 1.165) is 51.0 Å². The summed E-state index contributed by atoms with van der Waals surface area (Å²) in [4.78, 5) is 18.7. The van der Waals surface area contributed by atoms with Crippen LogP contribution in [-0.2, 0) is 20.0 Å². The van der Waals surface area contributed by atoms with Crippen molar-refractivity contribution >= 4 is 0 Å². The van der Waals surface area contributed by atoms with E-state index in [2.05, 4.69) is 21.0 Å². The van der Waals surface area contributed by atoms with Gasteiger partial charge in [0.1, 0.15) is 0 Å². The molecule has 0 spiro atoms. The van der Waals surface area contributed by atoms with E-state index < -0.39 is 0 Å². The summed E-state index contributed by atoms with van der Waals surface area (Å²) in [6.07, 6.45) is 8.50. The molecule has 0 bridgehead atoms. The average Bonchev–Trinajstić information content (AvgIpc) is 2.96. The quantitative estimate of drug-likeness (QED) is 0.833. The van der Waals surface area contributed by atoms with Crippen LogP contribution < -0.4 is 5.56 Å². The number of aromatic nitrogens is 4. The van der Waals surface area contributed by atoms with Crippen LogP contribution in [-0.4, -0.2) is 43.9 Å². The molecule has 1 saturated heterocycles. The fourth-order valence-electron chi connectivity index (χ4n) is 3.28. The Morgan fingerprint density at radius 2 is 2.09 bits per heavy atom. The highest BCUT2D eigenvalue weighted by atomic mass is 16.1. The van der Waals surface area contributed by atoms with Crippen LogP contribution in [0.2, 0.25) is 0 Å². The molecule has 0 radical (unpaired) electrons. The number of piperidine rings is 1. The number of hydrogen-bond acceptors (Lipinski definition) is 4. The average molecular weight is 315 g/mol. The van der Waals surface area contributed by atoms with Crippen molar-refractivity contribution < 1.29 is 0 Å². The summed E-state index contributed by atoms with van der Waals surface area (Å²) in [7, 11) is 2.00. The van der Waals surface area contributed by atoms with Crippen LogP contribution in [0.25, 0.3) is 0 Å². The highest BCUT2D eigenvalue weighted by Crippen LogP contribution is 2.18. The van der Waals surface area contributed by atoms with Crippen LogP contribution >= 0.6 is 0 Å². The predicted molar refractivity (Wildman–Crippen MR) is 89.3 cm³/mol. The lowest BCUT2D eigenvalue weighted by molar-refractivity contribution is 0.173. The van der Waals surface area contributed by atoms with Gasteiger partial charge >= 0.3 is 0 Å². The van der Waals surface area contributed by atoms with Gasteiger partial charge in [-0.2, -0.15) is 5.10 Å². The van der Waals surface area contributed by atoms with Gasteiger partial charge in [0.15, 0.2) is 0 Å². The Hall–Kier alpha value is -1.95. The lowest BCUT2D eigenvalue weighted by atomic mass is 9.96. The van der Waals surface area contributed by atoms with E-state index in [1.165, 1.54) is 5.69 Å². The first-order chi connectivity index (χ1) is 11.1. The molecule has 1 aliphatic rings. The minimum absolute atomic E-state index is 0.0960. The van der Waals surface area contributed by atoms with Crippen molar-refractivity contribution in [3.8, 4) is 0 Å². The van der Waals surface area contributed by atoms with Crippen molar-refractivity contribution in [3.63, 3.8) is 0 Å². The molecule has 6 nitrogen and oxygen atoms in total. The Morgan fingerprint density at radius 1 is 1.30 bits per heavy atom. The van der Waals surface area contributed by atoms with Gasteiger partial charge in [0.2, 0.25) is 0 Å². The molecule has 0 amide bonds. The van der Waals surface area contributed by atoms with E-state index >= 15 is 0 Å². The molecule has 23 heavy (non-hydrogen) atoms. The Morgan fingerprint density at radius 3 is 2.78 bits per heavy atom. The number of rotatable bonds is 5. The van der Waals surface area contributed by atoms with Crippen molar-refractivity contribution in [2.24, 2.45) is 13.0 Å². The molecule has 6 heteroatoms. The molecule has 0 unspecified atom stereocenters. The Balaban J connectivity index is 1.48. The van der Waals surface area contributed by atoms with E-state index in [0.29, 0.717) is 5.92 Å². The Kier molecular flexibility index (Phi) is 4.91. The lowest BCUT2D eigenvalue weighted by Gasteiger charge is -2.32. The minimum Gasteiger partial charge on any atom is -0.303 e. The summed E-state index contributed by atoms with van der Waals surface area (Å²) < 4.78 is 3.72. The van der Waals surface area contributed by atoms with E-state index in [1.54, 1.807) is 17.1 Å². The van der Waals surface area contributed by atoms with Gasteiger partial charge in [-0.25, -0.2) is 4.98 Å². The first kappa shape index (κ1) is 15.9. The predicted octanol–water partition coefficient (Wildman–Crippen LogP) is 1.24. The maximum atomic E-state index is 12.1.